The van der Waals surface area contributed by atoms with Gasteiger partial charge in [-0.3, -0.25) is 0 Å². The molecule has 15 heavy (non-hydrogen) atoms. The fraction of sp³-hybridized carbons (Fsp3) is 0.100. The van der Waals surface area contributed by atoms with E-state index in [0.717, 1.165) is 18.2 Å². The van der Waals surface area contributed by atoms with E-state index in [1.807, 2.05) is 0 Å². The van der Waals surface area contributed by atoms with E-state index < -0.39 is 23.6 Å². The molecule has 3 nitrogen and oxygen atoms in total. The van der Waals surface area contributed by atoms with Gasteiger partial charge in [-0.05, 0) is 12.1 Å². The number of halogens is 2. The summed E-state index contributed by atoms with van der Waals surface area (Å²) in [4.78, 5) is 10.6. The van der Waals surface area contributed by atoms with Crippen LogP contribution < -0.4 is 5.32 Å². The average Bonchev–Trinajstić information content (AvgIpc) is 2.16. The molecule has 80 valence electrons. The molecule has 0 fully saturated rings. The molecule has 0 saturated heterocycles. The molecule has 0 spiro atoms. The van der Waals surface area contributed by atoms with Crippen molar-refractivity contribution < 1.29 is 18.7 Å². The number of carbonyl (C=O) groups is 1. The van der Waals surface area contributed by atoms with Gasteiger partial charge in [0.25, 0.3) is 0 Å². The molecule has 2 N–H and O–H groups in total. The van der Waals surface area contributed by atoms with Crippen LogP contribution in [-0.4, -0.2) is 17.1 Å². The molecule has 1 rings (SSSR count). The van der Waals surface area contributed by atoms with Crippen LogP contribution >= 0.6 is 0 Å². The first-order chi connectivity index (χ1) is 7.04. The molecule has 1 aromatic rings. The highest BCUT2D eigenvalue weighted by molar-refractivity contribution is 5.79. The lowest BCUT2D eigenvalue weighted by Gasteiger charge is -2.11. The first-order valence-electron chi connectivity index (χ1n) is 4.11. The molecule has 1 aromatic carbocycles. The van der Waals surface area contributed by atoms with Gasteiger partial charge in [0, 0.05) is 6.07 Å². The van der Waals surface area contributed by atoms with Crippen LogP contribution in [0.5, 0.6) is 0 Å². The number of hydrogen-bond acceptors (Lipinski definition) is 2. The van der Waals surface area contributed by atoms with Gasteiger partial charge in [0.15, 0.2) is 0 Å². The van der Waals surface area contributed by atoms with Crippen LogP contribution in [0.3, 0.4) is 0 Å². The molecule has 0 aromatic heterocycles. The number of aliphatic carboxylic acids is 1. The summed E-state index contributed by atoms with van der Waals surface area (Å²) < 4.78 is 25.6. The predicted octanol–water partition coefficient (Wildman–Crippen LogP) is 2.02. The van der Waals surface area contributed by atoms with Gasteiger partial charge in [0.1, 0.15) is 17.7 Å². The average molecular weight is 213 g/mol. The number of benzene rings is 1. The Morgan fingerprint density at radius 3 is 2.67 bits per heavy atom. The van der Waals surface area contributed by atoms with Crippen LogP contribution in [-0.2, 0) is 4.79 Å². The van der Waals surface area contributed by atoms with Gasteiger partial charge in [-0.25, -0.2) is 13.6 Å². The molecule has 5 heteroatoms. The van der Waals surface area contributed by atoms with E-state index in [4.69, 9.17) is 5.11 Å². The van der Waals surface area contributed by atoms with Gasteiger partial charge in [-0.1, -0.05) is 6.08 Å². The first kappa shape index (κ1) is 11.2. The number of carboxylic acids is 1. The maximum absolute atomic E-state index is 13.1. The summed E-state index contributed by atoms with van der Waals surface area (Å²) in [5, 5.41) is 11.0. The summed E-state index contributed by atoms with van der Waals surface area (Å²) in [6.07, 6.45) is 1.12. The van der Waals surface area contributed by atoms with Crippen LogP contribution in [0.15, 0.2) is 30.9 Å². The van der Waals surface area contributed by atoms with E-state index in [-0.39, 0.29) is 5.69 Å². The molecule has 0 saturated carbocycles. The second kappa shape index (κ2) is 4.54. The molecule has 1 atom stereocenters. The summed E-state index contributed by atoms with van der Waals surface area (Å²) in [6.45, 7) is 3.29. The monoisotopic (exact) mass is 213 g/mol. The maximum Gasteiger partial charge on any atom is 0.330 e. The van der Waals surface area contributed by atoms with Crippen molar-refractivity contribution in [1.29, 1.82) is 0 Å². The SMILES string of the molecule is C=CC(Nc1ccc(F)cc1F)C(=O)O. The van der Waals surface area contributed by atoms with Crippen molar-refractivity contribution in [3.8, 4) is 0 Å². The molecular formula is C10H9F2NO2. The summed E-state index contributed by atoms with van der Waals surface area (Å²) in [7, 11) is 0. The Morgan fingerprint density at radius 1 is 1.53 bits per heavy atom. The Hall–Kier alpha value is -1.91. The lowest BCUT2D eigenvalue weighted by atomic mass is 10.2. The molecule has 1 unspecified atom stereocenters. The van der Waals surface area contributed by atoms with E-state index >= 15 is 0 Å². The quantitative estimate of drug-likeness (QED) is 0.752. The van der Waals surface area contributed by atoms with E-state index in [1.54, 1.807) is 0 Å². The Kier molecular flexibility index (Phi) is 3.38. The van der Waals surface area contributed by atoms with E-state index in [2.05, 4.69) is 11.9 Å². The highest BCUT2D eigenvalue weighted by Gasteiger charge is 2.14. The van der Waals surface area contributed by atoms with Gasteiger partial charge < -0.3 is 10.4 Å². The zero-order valence-corrected chi connectivity index (χ0v) is 7.71. The minimum absolute atomic E-state index is 0.0799. The summed E-state index contributed by atoms with van der Waals surface area (Å²) in [5.41, 5.74) is -0.0799. The number of carboxylic acid groups (broad SMARTS) is 1. The molecule has 0 aliphatic heterocycles. The molecule has 0 radical (unpaired) electrons. The normalized spacial score (nSPS) is 11.9. The minimum Gasteiger partial charge on any atom is -0.479 e. The van der Waals surface area contributed by atoms with Gasteiger partial charge in [-0.2, -0.15) is 0 Å². The van der Waals surface area contributed by atoms with Gasteiger partial charge >= 0.3 is 5.97 Å². The van der Waals surface area contributed by atoms with E-state index in [1.165, 1.54) is 0 Å². The molecule has 0 amide bonds. The number of hydrogen-bond donors (Lipinski definition) is 2. The van der Waals surface area contributed by atoms with Crippen LogP contribution in [0.25, 0.3) is 0 Å². The summed E-state index contributed by atoms with van der Waals surface area (Å²) in [6, 6.07) is 1.73. The van der Waals surface area contributed by atoms with Crippen LogP contribution in [0.1, 0.15) is 0 Å². The minimum atomic E-state index is -1.19. The van der Waals surface area contributed by atoms with Crippen molar-refractivity contribution in [3.05, 3.63) is 42.5 Å². The Labute approximate surface area is 85.0 Å². The fourth-order valence-corrected chi connectivity index (χ4v) is 0.996. The van der Waals surface area contributed by atoms with Gasteiger partial charge in [-0.15, -0.1) is 6.58 Å². The second-order valence-corrected chi connectivity index (χ2v) is 2.82. The molecule has 0 heterocycles. The van der Waals surface area contributed by atoms with E-state index in [9.17, 15) is 13.6 Å². The van der Waals surface area contributed by atoms with Crippen LogP contribution in [0.4, 0.5) is 14.5 Å². The van der Waals surface area contributed by atoms with Gasteiger partial charge in [0.05, 0.1) is 5.69 Å². The number of nitrogens with one attached hydrogen (secondary N) is 1. The Bertz CT molecular complexity index is 393. The predicted molar refractivity (Wildman–Crippen MR) is 51.6 cm³/mol. The van der Waals surface area contributed by atoms with Crippen molar-refractivity contribution in [1.82, 2.24) is 0 Å². The number of rotatable bonds is 4. The van der Waals surface area contributed by atoms with Crippen molar-refractivity contribution in [2.75, 3.05) is 5.32 Å². The van der Waals surface area contributed by atoms with Gasteiger partial charge in [0.2, 0.25) is 0 Å². The highest BCUT2D eigenvalue weighted by Crippen LogP contribution is 2.16. The van der Waals surface area contributed by atoms with Crippen molar-refractivity contribution >= 4 is 11.7 Å². The zero-order chi connectivity index (χ0) is 11.4. The molecule has 0 bridgehead atoms. The molecule has 0 aliphatic rings. The van der Waals surface area contributed by atoms with Crippen molar-refractivity contribution in [3.63, 3.8) is 0 Å². The van der Waals surface area contributed by atoms with Crippen LogP contribution in [0, 0.1) is 11.6 Å². The summed E-state index contributed by atoms with van der Waals surface area (Å²) >= 11 is 0. The lowest BCUT2D eigenvalue weighted by Crippen LogP contribution is -2.27. The Morgan fingerprint density at radius 2 is 2.20 bits per heavy atom. The van der Waals surface area contributed by atoms with E-state index in [0.29, 0.717) is 6.07 Å². The molecule has 0 aliphatic carbocycles. The fourth-order valence-electron chi connectivity index (χ4n) is 0.996. The second-order valence-electron chi connectivity index (χ2n) is 2.82. The summed E-state index contributed by atoms with van der Waals surface area (Å²) in [5.74, 6) is -2.75. The number of anilines is 1. The first-order valence-corrected chi connectivity index (χ1v) is 4.11. The Balaban J connectivity index is 2.88. The topological polar surface area (TPSA) is 49.3 Å². The zero-order valence-electron chi connectivity index (χ0n) is 7.71. The van der Waals surface area contributed by atoms with Crippen molar-refractivity contribution in [2.24, 2.45) is 0 Å². The third-order valence-electron chi connectivity index (χ3n) is 1.74. The largest absolute Gasteiger partial charge is 0.479 e. The maximum atomic E-state index is 13.1. The lowest BCUT2D eigenvalue weighted by molar-refractivity contribution is -0.136. The van der Waals surface area contributed by atoms with Crippen LogP contribution in [0.2, 0.25) is 0 Å². The smallest absolute Gasteiger partial charge is 0.330 e. The molecular weight excluding hydrogens is 204 g/mol. The standard InChI is InChI=1S/C10H9F2NO2/c1-2-8(10(14)15)13-9-4-3-6(11)5-7(9)12/h2-5,8,13H,1H2,(H,14,15). The third kappa shape index (κ3) is 2.77. The third-order valence-corrected chi connectivity index (χ3v) is 1.74. The highest BCUT2D eigenvalue weighted by atomic mass is 19.1. The van der Waals surface area contributed by atoms with Crippen molar-refractivity contribution in [2.45, 2.75) is 6.04 Å².